The van der Waals surface area contributed by atoms with Gasteiger partial charge < -0.3 is 15.2 Å². The van der Waals surface area contributed by atoms with Crippen LogP contribution in [0.25, 0.3) is 0 Å². The monoisotopic (exact) mass is 388 g/mol. The van der Waals surface area contributed by atoms with Crippen LogP contribution in [0, 0.1) is 0 Å². The Morgan fingerprint density at radius 2 is 1.93 bits per heavy atom. The summed E-state index contributed by atoms with van der Waals surface area (Å²) in [5.41, 5.74) is 0.884. The van der Waals surface area contributed by atoms with Crippen molar-refractivity contribution in [3.8, 4) is 0 Å². The number of carbonyl (C=O) groups is 4. The molecule has 1 aromatic carbocycles. The maximum absolute atomic E-state index is 12.6. The Hall–Kier alpha value is -2.74. The van der Waals surface area contributed by atoms with Crippen molar-refractivity contribution in [2.45, 2.75) is 44.6 Å². The van der Waals surface area contributed by atoms with Gasteiger partial charge in [0.2, 0.25) is 0 Å². The SMILES string of the molecule is O=C(O)CCCCCNC(=O)c1ccc2c(c1)C(=O)N(CC1CCCO1)C2=O. The van der Waals surface area contributed by atoms with Crippen LogP contribution >= 0.6 is 0 Å². The molecule has 150 valence electrons. The van der Waals surface area contributed by atoms with E-state index in [-0.39, 0.29) is 42.4 Å². The lowest BCUT2D eigenvalue weighted by atomic mass is 10.1. The van der Waals surface area contributed by atoms with E-state index in [4.69, 9.17) is 9.84 Å². The highest BCUT2D eigenvalue weighted by molar-refractivity contribution is 6.22. The molecule has 2 heterocycles. The first-order valence-electron chi connectivity index (χ1n) is 9.59. The Kier molecular flexibility index (Phi) is 6.41. The average molecular weight is 388 g/mol. The first kappa shape index (κ1) is 20.0. The molecule has 0 bridgehead atoms. The molecular formula is C20H24N2O6. The molecule has 0 aliphatic carbocycles. The molecule has 8 heteroatoms. The van der Waals surface area contributed by atoms with Crippen molar-refractivity contribution in [1.29, 1.82) is 0 Å². The van der Waals surface area contributed by atoms with E-state index in [0.717, 1.165) is 12.8 Å². The number of fused-ring (bicyclic) bond motifs is 1. The maximum Gasteiger partial charge on any atom is 0.303 e. The number of unbranched alkanes of at least 4 members (excludes halogenated alkanes) is 2. The van der Waals surface area contributed by atoms with Gasteiger partial charge in [-0.25, -0.2) is 0 Å². The zero-order chi connectivity index (χ0) is 20.1. The number of hydrogen-bond acceptors (Lipinski definition) is 5. The summed E-state index contributed by atoms with van der Waals surface area (Å²) < 4.78 is 5.51. The summed E-state index contributed by atoms with van der Waals surface area (Å²) in [6.45, 7) is 1.31. The number of carboxylic acids is 1. The van der Waals surface area contributed by atoms with Gasteiger partial charge in [-0.05, 0) is 43.9 Å². The Bertz CT molecular complexity index is 785. The van der Waals surface area contributed by atoms with Crippen molar-refractivity contribution in [1.82, 2.24) is 10.2 Å². The van der Waals surface area contributed by atoms with Gasteiger partial charge in [0, 0.05) is 25.1 Å². The van der Waals surface area contributed by atoms with E-state index < -0.39 is 5.97 Å². The molecule has 1 saturated heterocycles. The standard InChI is InChI=1S/C20H24N2O6/c23-17(24)6-2-1-3-9-21-18(25)13-7-8-15-16(11-13)20(27)22(19(15)26)12-14-5-4-10-28-14/h7-8,11,14H,1-6,9-10,12H2,(H,21,25)(H,23,24). The molecule has 8 nitrogen and oxygen atoms in total. The van der Waals surface area contributed by atoms with Gasteiger partial charge in [-0.2, -0.15) is 0 Å². The highest BCUT2D eigenvalue weighted by Crippen LogP contribution is 2.26. The number of carboxylic acid groups (broad SMARTS) is 1. The van der Waals surface area contributed by atoms with Crippen molar-refractivity contribution in [2.24, 2.45) is 0 Å². The Morgan fingerprint density at radius 3 is 2.64 bits per heavy atom. The minimum atomic E-state index is -0.824. The van der Waals surface area contributed by atoms with Gasteiger partial charge in [0.1, 0.15) is 0 Å². The molecule has 1 unspecified atom stereocenters. The van der Waals surface area contributed by atoms with E-state index >= 15 is 0 Å². The summed E-state index contributed by atoms with van der Waals surface area (Å²) in [7, 11) is 0. The van der Waals surface area contributed by atoms with Crippen LogP contribution in [0.1, 0.15) is 69.6 Å². The van der Waals surface area contributed by atoms with Crippen LogP contribution in [-0.4, -0.2) is 59.5 Å². The molecular weight excluding hydrogens is 364 g/mol. The molecule has 28 heavy (non-hydrogen) atoms. The maximum atomic E-state index is 12.6. The predicted molar refractivity (Wildman–Crippen MR) is 99.2 cm³/mol. The topological polar surface area (TPSA) is 113 Å². The number of ether oxygens (including phenoxy) is 1. The fourth-order valence-electron chi connectivity index (χ4n) is 3.47. The van der Waals surface area contributed by atoms with Crippen LogP contribution in [0.5, 0.6) is 0 Å². The molecule has 3 rings (SSSR count). The molecule has 2 N–H and O–H groups in total. The van der Waals surface area contributed by atoms with Crippen LogP contribution in [-0.2, 0) is 9.53 Å². The van der Waals surface area contributed by atoms with Crippen molar-refractivity contribution >= 4 is 23.7 Å². The van der Waals surface area contributed by atoms with Gasteiger partial charge in [0.25, 0.3) is 17.7 Å². The highest BCUT2D eigenvalue weighted by Gasteiger charge is 2.37. The normalized spacial score (nSPS) is 18.4. The first-order chi connectivity index (χ1) is 13.5. The smallest absolute Gasteiger partial charge is 0.303 e. The molecule has 0 spiro atoms. The van der Waals surface area contributed by atoms with Crippen LogP contribution in [0.4, 0.5) is 0 Å². The summed E-state index contributed by atoms with van der Waals surface area (Å²) in [6, 6.07) is 4.52. The number of carbonyl (C=O) groups excluding carboxylic acids is 3. The minimum Gasteiger partial charge on any atom is -0.481 e. The molecule has 0 aromatic heterocycles. The Balaban J connectivity index is 1.56. The molecule has 0 radical (unpaired) electrons. The number of hydrogen-bond donors (Lipinski definition) is 2. The summed E-state index contributed by atoms with van der Waals surface area (Å²) in [4.78, 5) is 49.1. The summed E-state index contributed by atoms with van der Waals surface area (Å²) >= 11 is 0. The lowest BCUT2D eigenvalue weighted by Gasteiger charge is -2.17. The van der Waals surface area contributed by atoms with Crippen LogP contribution in [0.2, 0.25) is 0 Å². The minimum absolute atomic E-state index is 0.119. The molecule has 3 amide bonds. The molecule has 1 atom stereocenters. The molecule has 1 aromatic rings. The van der Waals surface area contributed by atoms with E-state index in [0.29, 0.717) is 43.5 Å². The highest BCUT2D eigenvalue weighted by atomic mass is 16.5. The first-order valence-corrected chi connectivity index (χ1v) is 9.59. The second-order valence-electron chi connectivity index (χ2n) is 7.08. The number of rotatable bonds is 9. The number of benzene rings is 1. The van der Waals surface area contributed by atoms with Gasteiger partial charge in [0.05, 0.1) is 23.8 Å². The average Bonchev–Trinajstić information content (AvgIpc) is 3.27. The predicted octanol–water partition coefficient (Wildman–Crippen LogP) is 1.84. The summed E-state index contributed by atoms with van der Waals surface area (Å²) in [6.07, 6.45) is 3.71. The van der Waals surface area contributed by atoms with E-state index in [1.54, 1.807) is 6.07 Å². The lowest BCUT2D eigenvalue weighted by Crippen LogP contribution is -2.36. The van der Waals surface area contributed by atoms with Crippen molar-refractivity contribution in [3.05, 3.63) is 34.9 Å². The zero-order valence-electron chi connectivity index (χ0n) is 15.6. The quantitative estimate of drug-likeness (QED) is 0.493. The van der Waals surface area contributed by atoms with Gasteiger partial charge >= 0.3 is 5.97 Å². The second-order valence-corrected chi connectivity index (χ2v) is 7.08. The fourth-order valence-corrected chi connectivity index (χ4v) is 3.47. The van der Waals surface area contributed by atoms with E-state index in [1.165, 1.54) is 17.0 Å². The van der Waals surface area contributed by atoms with E-state index in [1.807, 2.05) is 0 Å². The summed E-state index contributed by atoms with van der Waals surface area (Å²) in [5.74, 6) is -1.88. The van der Waals surface area contributed by atoms with E-state index in [9.17, 15) is 19.2 Å². The van der Waals surface area contributed by atoms with Crippen LogP contribution in [0.15, 0.2) is 18.2 Å². The molecule has 2 aliphatic heterocycles. The number of amides is 3. The number of aliphatic carboxylic acids is 1. The molecule has 1 fully saturated rings. The van der Waals surface area contributed by atoms with Crippen molar-refractivity contribution < 1.29 is 29.0 Å². The third kappa shape index (κ3) is 4.56. The van der Waals surface area contributed by atoms with Crippen LogP contribution < -0.4 is 5.32 Å². The van der Waals surface area contributed by atoms with Gasteiger partial charge in [-0.3, -0.25) is 24.1 Å². The van der Waals surface area contributed by atoms with Gasteiger partial charge in [-0.1, -0.05) is 6.42 Å². The third-order valence-electron chi connectivity index (χ3n) is 5.00. The zero-order valence-corrected chi connectivity index (χ0v) is 15.6. The van der Waals surface area contributed by atoms with Gasteiger partial charge in [0.15, 0.2) is 0 Å². The summed E-state index contributed by atoms with van der Waals surface area (Å²) in [5, 5.41) is 11.3. The largest absolute Gasteiger partial charge is 0.481 e. The Morgan fingerprint density at radius 1 is 1.14 bits per heavy atom. The van der Waals surface area contributed by atoms with Crippen molar-refractivity contribution in [2.75, 3.05) is 19.7 Å². The molecule has 2 aliphatic rings. The number of nitrogens with zero attached hydrogens (tertiary/aromatic N) is 1. The number of imide groups is 1. The van der Waals surface area contributed by atoms with Crippen molar-refractivity contribution in [3.63, 3.8) is 0 Å². The number of nitrogens with one attached hydrogen (secondary N) is 1. The van der Waals surface area contributed by atoms with Gasteiger partial charge in [-0.15, -0.1) is 0 Å². The Labute approximate surface area is 162 Å². The third-order valence-corrected chi connectivity index (χ3v) is 5.00. The fraction of sp³-hybridized carbons (Fsp3) is 0.500. The molecule has 0 saturated carbocycles. The van der Waals surface area contributed by atoms with Crippen LogP contribution in [0.3, 0.4) is 0 Å². The van der Waals surface area contributed by atoms with E-state index in [2.05, 4.69) is 5.32 Å². The second kappa shape index (κ2) is 8.97. The lowest BCUT2D eigenvalue weighted by molar-refractivity contribution is -0.137.